The van der Waals surface area contributed by atoms with Crippen molar-refractivity contribution < 1.29 is 9.53 Å². The lowest BCUT2D eigenvalue weighted by Gasteiger charge is -2.09. The molecule has 1 unspecified atom stereocenters. The molecule has 1 aromatic rings. The molecule has 1 atom stereocenters. The highest BCUT2D eigenvalue weighted by atomic mass is 16.5. The summed E-state index contributed by atoms with van der Waals surface area (Å²) >= 11 is 0. The summed E-state index contributed by atoms with van der Waals surface area (Å²) in [6, 6.07) is 0.123. The van der Waals surface area contributed by atoms with Crippen molar-refractivity contribution in [1.29, 1.82) is 0 Å². The number of nitrogens with two attached hydrogens (primary N) is 1. The number of amides is 1. The van der Waals surface area contributed by atoms with Gasteiger partial charge < -0.3 is 15.8 Å². The number of hydrogen-bond donors (Lipinski definition) is 2. The quantitative estimate of drug-likeness (QED) is 0.652. The van der Waals surface area contributed by atoms with Crippen LogP contribution in [0.5, 0.6) is 0 Å². The number of carbonyl (C=O) groups is 1. The Hall–Kier alpha value is -1.63. The predicted molar refractivity (Wildman–Crippen MR) is 51.8 cm³/mol. The van der Waals surface area contributed by atoms with Crippen molar-refractivity contribution in [3.05, 3.63) is 6.33 Å². The number of nitrogen functional groups attached to an aromatic ring is 1. The number of rotatable bonds is 3. The molecule has 2 rings (SSSR count). The van der Waals surface area contributed by atoms with E-state index >= 15 is 0 Å². The fraction of sp³-hybridized carbons (Fsp3) is 0.625. The fourth-order valence-corrected chi connectivity index (χ4v) is 1.45. The first-order valence-electron chi connectivity index (χ1n) is 4.76. The summed E-state index contributed by atoms with van der Waals surface area (Å²) in [5.74, 6) is 0.0717. The topological polar surface area (TPSA) is 95.1 Å². The van der Waals surface area contributed by atoms with Gasteiger partial charge in [-0.2, -0.15) is 0 Å². The molecule has 1 saturated heterocycles. The lowest BCUT2D eigenvalue weighted by molar-refractivity contribution is -0.122. The van der Waals surface area contributed by atoms with Crippen molar-refractivity contribution in [2.75, 3.05) is 18.9 Å². The maximum absolute atomic E-state index is 11.5. The van der Waals surface area contributed by atoms with Crippen molar-refractivity contribution >= 4 is 11.9 Å². The zero-order valence-corrected chi connectivity index (χ0v) is 8.22. The Balaban J connectivity index is 1.81. The Kier molecular flexibility index (Phi) is 2.82. The van der Waals surface area contributed by atoms with Crippen LogP contribution in [0.4, 0.5) is 5.95 Å². The SMILES string of the molecule is Nc1ncn(CC(=O)NC2CCOC2)n1. The highest BCUT2D eigenvalue weighted by molar-refractivity contribution is 5.75. The van der Waals surface area contributed by atoms with Crippen LogP contribution in [0.1, 0.15) is 6.42 Å². The zero-order chi connectivity index (χ0) is 10.7. The molecule has 1 amide bonds. The Bertz CT molecular complexity index is 345. The summed E-state index contributed by atoms with van der Waals surface area (Å²) in [7, 11) is 0. The van der Waals surface area contributed by atoms with Crippen LogP contribution in [0.2, 0.25) is 0 Å². The number of anilines is 1. The molecular weight excluding hydrogens is 198 g/mol. The van der Waals surface area contributed by atoms with Gasteiger partial charge in [0.1, 0.15) is 12.9 Å². The average molecular weight is 211 g/mol. The third-order valence-electron chi connectivity index (χ3n) is 2.15. The Labute approximate surface area is 86.6 Å². The molecule has 15 heavy (non-hydrogen) atoms. The standard InChI is InChI=1S/C8H13N5O2/c9-8-10-5-13(12-8)3-7(14)11-6-1-2-15-4-6/h5-6H,1-4H2,(H2,9,12)(H,11,14). The van der Waals surface area contributed by atoms with Crippen molar-refractivity contribution in [2.45, 2.75) is 19.0 Å². The van der Waals surface area contributed by atoms with Gasteiger partial charge in [0.15, 0.2) is 0 Å². The van der Waals surface area contributed by atoms with E-state index in [4.69, 9.17) is 10.5 Å². The smallest absolute Gasteiger partial charge is 0.242 e. The summed E-state index contributed by atoms with van der Waals surface area (Å²) in [4.78, 5) is 15.2. The highest BCUT2D eigenvalue weighted by Gasteiger charge is 2.17. The number of nitrogens with one attached hydrogen (secondary N) is 1. The molecule has 1 fully saturated rings. The van der Waals surface area contributed by atoms with E-state index in [0.717, 1.165) is 6.42 Å². The van der Waals surface area contributed by atoms with Crippen LogP contribution in [-0.4, -0.2) is 39.9 Å². The summed E-state index contributed by atoms with van der Waals surface area (Å²) in [5.41, 5.74) is 5.32. The van der Waals surface area contributed by atoms with Gasteiger partial charge in [-0.25, -0.2) is 9.67 Å². The minimum Gasteiger partial charge on any atom is -0.379 e. The molecule has 0 spiro atoms. The van der Waals surface area contributed by atoms with Gasteiger partial charge in [0.2, 0.25) is 11.9 Å². The molecule has 0 bridgehead atoms. The fourth-order valence-electron chi connectivity index (χ4n) is 1.45. The lowest BCUT2D eigenvalue weighted by atomic mass is 10.2. The molecule has 0 radical (unpaired) electrons. The molecule has 0 saturated carbocycles. The van der Waals surface area contributed by atoms with E-state index in [2.05, 4.69) is 15.4 Å². The molecule has 2 heterocycles. The minimum atomic E-state index is -0.101. The second kappa shape index (κ2) is 4.26. The summed E-state index contributed by atoms with van der Waals surface area (Å²) < 4.78 is 6.55. The molecule has 7 nitrogen and oxygen atoms in total. The van der Waals surface area contributed by atoms with Gasteiger partial charge in [0.05, 0.1) is 12.6 Å². The van der Waals surface area contributed by atoms with Crippen LogP contribution in [0.15, 0.2) is 6.33 Å². The van der Waals surface area contributed by atoms with Crippen LogP contribution in [0.3, 0.4) is 0 Å². The Morgan fingerprint density at radius 1 is 1.80 bits per heavy atom. The van der Waals surface area contributed by atoms with E-state index in [1.165, 1.54) is 11.0 Å². The summed E-state index contributed by atoms with van der Waals surface area (Å²) in [5, 5.41) is 6.66. The van der Waals surface area contributed by atoms with Crippen molar-refractivity contribution in [2.24, 2.45) is 0 Å². The zero-order valence-electron chi connectivity index (χ0n) is 8.22. The molecule has 1 aliphatic heterocycles. The number of nitrogens with zero attached hydrogens (tertiary/aromatic N) is 3. The summed E-state index contributed by atoms with van der Waals surface area (Å²) in [6.07, 6.45) is 2.30. The Morgan fingerprint density at radius 2 is 2.67 bits per heavy atom. The van der Waals surface area contributed by atoms with Crippen LogP contribution in [0.25, 0.3) is 0 Å². The van der Waals surface area contributed by atoms with Gasteiger partial charge in [-0.15, -0.1) is 5.10 Å². The highest BCUT2D eigenvalue weighted by Crippen LogP contribution is 2.02. The first-order valence-corrected chi connectivity index (χ1v) is 4.76. The normalized spacial score (nSPS) is 20.4. The van der Waals surface area contributed by atoms with Crippen LogP contribution in [-0.2, 0) is 16.1 Å². The second-order valence-electron chi connectivity index (χ2n) is 3.43. The van der Waals surface area contributed by atoms with E-state index in [1.807, 2.05) is 0 Å². The van der Waals surface area contributed by atoms with E-state index in [0.29, 0.717) is 13.2 Å². The van der Waals surface area contributed by atoms with E-state index in [1.54, 1.807) is 0 Å². The maximum Gasteiger partial charge on any atom is 0.242 e. The Morgan fingerprint density at radius 3 is 3.27 bits per heavy atom. The molecule has 0 aliphatic carbocycles. The monoisotopic (exact) mass is 211 g/mol. The van der Waals surface area contributed by atoms with Crippen LogP contribution < -0.4 is 11.1 Å². The molecule has 1 aliphatic rings. The molecule has 7 heteroatoms. The van der Waals surface area contributed by atoms with Crippen molar-refractivity contribution in [3.8, 4) is 0 Å². The first kappa shape index (κ1) is 9.91. The third kappa shape index (κ3) is 2.66. The van der Waals surface area contributed by atoms with Gasteiger partial charge in [0, 0.05) is 6.61 Å². The number of aromatic nitrogens is 3. The first-order chi connectivity index (χ1) is 7.24. The summed E-state index contributed by atoms with van der Waals surface area (Å²) in [6.45, 7) is 1.44. The van der Waals surface area contributed by atoms with E-state index < -0.39 is 0 Å². The molecule has 82 valence electrons. The van der Waals surface area contributed by atoms with Gasteiger partial charge >= 0.3 is 0 Å². The minimum absolute atomic E-state index is 0.101. The van der Waals surface area contributed by atoms with Crippen molar-refractivity contribution in [3.63, 3.8) is 0 Å². The maximum atomic E-state index is 11.5. The van der Waals surface area contributed by atoms with E-state index in [9.17, 15) is 4.79 Å². The van der Waals surface area contributed by atoms with Gasteiger partial charge in [-0.05, 0) is 6.42 Å². The van der Waals surface area contributed by atoms with E-state index in [-0.39, 0.29) is 24.4 Å². The van der Waals surface area contributed by atoms with Gasteiger partial charge in [-0.1, -0.05) is 0 Å². The largest absolute Gasteiger partial charge is 0.379 e. The van der Waals surface area contributed by atoms with Gasteiger partial charge in [0.25, 0.3) is 0 Å². The van der Waals surface area contributed by atoms with Crippen LogP contribution in [0, 0.1) is 0 Å². The lowest BCUT2D eigenvalue weighted by Crippen LogP contribution is -2.37. The number of ether oxygens (including phenoxy) is 1. The predicted octanol–water partition coefficient (Wildman–Crippen LogP) is -1.23. The third-order valence-corrected chi connectivity index (χ3v) is 2.15. The molecular formula is C8H13N5O2. The molecule has 0 aromatic carbocycles. The molecule has 3 N–H and O–H groups in total. The second-order valence-corrected chi connectivity index (χ2v) is 3.43. The number of carbonyl (C=O) groups excluding carboxylic acids is 1. The van der Waals surface area contributed by atoms with Crippen molar-refractivity contribution in [1.82, 2.24) is 20.1 Å². The average Bonchev–Trinajstić information content (AvgIpc) is 2.77. The number of hydrogen-bond acceptors (Lipinski definition) is 5. The van der Waals surface area contributed by atoms with Crippen LogP contribution >= 0.6 is 0 Å². The van der Waals surface area contributed by atoms with Gasteiger partial charge in [-0.3, -0.25) is 4.79 Å². The molecule has 1 aromatic heterocycles.